The third kappa shape index (κ3) is 3.22. The van der Waals surface area contributed by atoms with Gasteiger partial charge in [-0.3, -0.25) is 0 Å². The Morgan fingerprint density at radius 3 is 2.24 bits per heavy atom. The molecule has 2 rings (SSSR count). The summed E-state index contributed by atoms with van der Waals surface area (Å²) in [7, 11) is 0. The standard InChI is InChI=1S/C15H26N2/c1-15(2,13-4-3-5-13)11-17-14-8-6-12(10-16)7-9-14/h12-14,17H,3-9,11H2,1-2H3. The van der Waals surface area contributed by atoms with E-state index in [0.29, 0.717) is 17.4 Å². The van der Waals surface area contributed by atoms with Crippen LogP contribution in [0.2, 0.25) is 0 Å². The van der Waals surface area contributed by atoms with Crippen LogP contribution in [0.5, 0.6) is 0 Å². The Balaban J connectivity index is 1.70. The number of nitrogens with one attached hydrogen (secondary N) is 1. The van der Waals surface area contributed by atoms with Crippen molar-refractivity contribution in [1.29, 1.82) is 5.26 Å². The highest BCUT2D eigenvalue weighted by Gasteiger charge is 2.34. The van der Waals surface area contributed by atoms with Crippen LogP contribution in [0.1, 0.15) is 58.8 Å². The van der Waals surface area contributed by atoms with Crippen molar-refractivity contribution in [2.45, 2.75) is 64.8 Å². The summed E-state index contributed by atoms with van der Waals surface area (Å²) in [6.07, 6.45) is 8.86. The lowest BCUT2D eigenvalue weighted by molar-refractivity contribution is 0.112. The van der Waals surface area contributed by atoms with Crippen molar-refractivity contribution in [1.82, 2.24) is 5.32 Å². The molecule has 0 heterocycles. The van der Waals surface area contributed by atoms with Crippen molar-refractivity contribution in [2.75, 3.05) is 6.54 Å². The molecule has 0 aromatic rings. The van der Waals surface area contributed by atoms with E-state index in [0.717, 1.165) is 25.3 Å². The van der Waals surface area contributed by atoms with Crippen LogP contribution in [0.25, 0.3) is 0 Å². The predicted molar refractivity (Wildman–Crippen MR) is 70.5 cm³/mol. The molecule has 2 aliphatic carbocycles. The van der Waals surface area contributed by atoms with Crippen LogP contribution in [0, 0.1) is 28.6 Å². The summed E-state index contributed by atoms with van der Waals surface area (Å²) in [5.74, 6) is 1.26. The maximum Gasteiger partial charge on any atom is 0.0655 e. The maximum atomic E-state index is 8.88. The number of hydrogen-bond donors (Lipinski definition) is 1. The van der Waals surface area contributed by atoms with Crippen LogP contribution < -0.4 is 5.32 Å². The summed E-state index contributed by atoms with van der Waals surface area (Å²) in [6, 6.07) is 3.07. The number of nitrogens with zero attached hydrogens (tertiary/aromatic N) is 1. The second-order valence-corrected chi connectivity index (χ2v) is 6.67. The predicted octanol–water partition coefficient (Wildman–Crippen LogP) is 3.48. The topological polar surface area (TPSA) is 35.8 Å². The lowest BCUT2D eigenvalue weighted by Gasteiger charge is -2.42. The van der Waals surface area contributed by atoms with Gasteiger partial charge >= 0.3 is 0 Å². The SMILES string of the molecule is CC(C)(CNC1CCC(C#N)CC1)C1CCC1. The molecule has 0 bridgehead atoms. The van der Waals surface area contributed by atoms with E-state index in [1.165, 1.54) is 32.1 Å². The van der Waals surface area contributed by atoms with Gasteiger partial charge in [-0.25, -0.2) is 0 Å². The third-order valence-corrected chi connectivity index (χ3v) is 4.97. The van der Waals surface area contributed by atoms with Gasteiger partial charge in [0.15, 0.2) is 0 Å². The Kier molecular flexibility index (Phi) is 4.09. The molecule has 0 saturated heterocycles. The van der Waals surface area contributed by atoms with Crippen LogP contribution in [0.3, 0.4) is 0 Å². The lowest BCUT2D eigenvalue weighted by atomic mass is 9.67. The molecule has 0 aromatic carbocycles. The molecule has 0 spiro atoms. The van der Waals surface area contributed by atoms with Crippen LogP contribution in [0.15, 0.2) is 0 Å². The summed E-state index contributed by atoms with van der Waals surface area (Å²) < 4.78 is 0. The molecule has 0 unspecified atom stereocenters. The minimum Gasteiger partial charge on any atom is -0.313 e. The van der Waals surface area contributed by atoms with Crippen LogP contribution in [-0.2, 0) is 0 Å². The second kappa shape index (κ2) is 5.40. The highest BCUT2D eigenvalue weighted by molar-refractivity contribution is 4.91. The average Bonchev–Trinajstić information content (AvgIpc) is 2.24. The minimum atomic E-state index is 0.327. The molecule has 0 radical (unpaired) electrons. The first-order valence-electron chi connectivity index (χ1n) is 7.25. The van der Waals surface area contributed by atoms with E-state index in [4.69, 9.17) is 5.26 Å². The van der Waals surface area contributed by atoms with Gasteiger partial charge in [-0.15, -0.1) is 0 Å². The van der Waals surface area contributed by atoms with Crippen molar-refractivity contribution in [3.8, 4) is 6.07 Å². The molecule has 2 aliphatic rings. The summed E-state index contributed by atoms with van der Waals surface area (Å²) in [5.41, 5.74) is 0.463. The Labute approximate surface area is 106 Å². The highest BCUT2D eigenvalue weighted by atomic mass is 14.9. The van der Waals surface area contributed by atoms with E-state index in [1.54, 1.807) is 0 Å². The molecular formula is C15H26N2. The van der Waals surface area contributed by atoms with E-state index < -0.39 is 0 Å². The average molecular weight is 234 g/mol. The van der Waals surface area contributed by atoms with Crippen LogP contribution >= 0.6 is 0 Å². The fourth-order valence-corrected chi connectivity index (χ4v) is 3.17. The molecule has 1 N–H and O–H groups in total. The molecule has 0 aromatic heterocycles. The fourth-order valence-electron chi connectivity index (χ4n) is 3.17. The molecule has 0 amide bonds. The van der Waals surface area contributed by atoms with Crippen LogP contribution in [0.4, 0.5) is 0 Å². The highest BCUT2D eigenvalue weighted by Crippen LogP contribution is 2.41. The zero-order valence-corrected chi connectivity index (χ0v) is 11.3. The van der Waals surface area contributed by atoms with Crippen molar-refractivity contribution in [2.24, 2.45) is 17.3 Å². The normalized spacial score (nSPS) is 30.6. The number of rotatable bonds is 4. The Morgan fingerprint density at radius 1 is 1.12 bits per heavy atom. The second-order valence-electron chi connectivity index (χ2n) is 6.67. The van der Waals surface area contributed by atoms with Gasteiger partial charge < -0.3 is 5.32 Å². The quantitative estimate of drug-likeness (QED) is 0.808. The van der Waals surface area contributed by atoms with Crippen LogP contribution in [-0.4, -0.2) is 12.6 Å². The Hall–Kier alpha value is -0.550. The smallest absolute Gasteiger partial charge is 0.0655 e. The summed E-state index contributed by atoms with van der Waals surface area (Å²) in [4.78, 5) is 0. The van der Waals surface area contributed by atoms with Gasteiger partial charge in [-0.05, 0) is 49.9 Å². The Morgan fingerprint density at radius 2 is 1.76 bits per heavy atom. The van der Waals surface area contributed by atoms with Crippen molar-refractivity contribution < 1.29 is 0 Å². The Bertz CT molecular complexity index is 278. The molecule has 2 saturated carbocycles. The largest absolute Gasteiger partial charge is 0.313 e. The summed E-state index contributed by atoms with van der Waals surface area (Å²) in [6.45, 7) is 5.97. The number of hydrogen-bond acceptors (Lipinski definition) is 2. The van der Waals surface area contributed by atoms with Gasteiger partial charge in [0.05, 0.1) is 6.07 Å². The third-order valence-electron chi connectivity index (χ3n) is 4.97. The fraction of sp³-hybridized carbons (Fsp3) is 0.933. The summed E-state index contributed by atoms with van der Waals surface area (Å²) in [5, 5.41) is 12.6. The van der Waals surface area contributed by atoms with Crippen molar-refractivity contribution in [3.63, 3.8) is 0 Å². The van der Waals surface area contributed by atoms with Gasteiger partial charge in [-0.1, -0.05) is 20.3 Å². The van der Waals surface area contributed by atoms with E-state index in [2.05, 4.69) is 25.2 Å². The van der Waals surface area contributed by atoms with E-state index >= 15 is 0 Å². The first kappa shape index (κ1) is 12.9. The lowest BCUT2D eigenvalue weighted by Crippen LogP contribution is -2.43. The minimum absolute atomic E-state index is 0.327. The van der Waals surface area contributed by atoms with Gasteiger partial charge in [0.1, 0.15) is 0 Å². The van der Waals surface area contributed by atoms with Crippen molar-refractivity contribution in [3.05, 3.63) is 0 Å². The zero-order chi connectivity index (χ0) is 12.3. The van der Waals surface area contributed by atoms with Crippen molar-refractivity contribution >= 4 is 0 Å². The van der Waals surface area contributed by atoms with E-state index in [-0.39, 0.29) is 0 Å². The molecule has 2 heteroatoms. The zero-order valence-electron chi connectivity index (χ0n) is 11.3. The molecule has 17 heavy (non-hydrogen) atoms. The van der Waals surface area contributed by atoms with Gasteiger partial charge in [0.25, 0.3) is 0 Å². The molecule has 2 nitrogen and oxygen atoms in total. The van der Waals surface area contributed by atoms with Gasteiger partial charge in [0, 0.05) is 18.5 Å². The van der Waals surface area contributed by atoms with E-state index in [9.17, 15) is 0 Å². The van der Waals surface area contributed by atoms with E-state index in [1.807, 2.05) is 0 Å². The molecule has 0 atom stereocenters. The number of nitriles is 1. The molecule has 2 fully saturated rings. The molecule has 0 aliphatic heterocycles. The van der Waals surface area contributed by atoms with Gasteiger partial charge in [0.2, 0.25) is 0 Å². The molecule has 96 valence electrons. The maximum absolute atomic E-state index is 8.88. The first-order chi connectivity index (χ1) is 8.12. The first-order valence-corrected chi connectivity index (χ1v) is 7.25. The monoisotopic (exact) mass is 234 g/mol. The van der Waals surface area contributed by atoms with Gasteiger partial charge in [-0.2, -0.15) is 5.26 Å². The summed E-state index contributed by atoms with van der Waals surface area (Å²) >= 11 is 0. The molecular weight excluding hydrogens is 208 g/mol.